The first kappa shape index (κ1) is 15.0. The summed E-state index contributed by atoms with van der Waals surface area (Å²) >= 11 is 1.07. The second-order valence-electron chi connectivity index (χ2n) is 4.74. The van der Waals surface area contributed by atoms with Gasteiger partial charge in [0.1, 0.15) is 4.21 Å². The first-order valence-corrected chi connectivity index (χ1v) is 8.40. The average molecular weight is 315 g/mol. The van der Waals surface area contributed by atoms with Crippen LogP contribution in [0.15, 0.2) is 22.7 Å². The van der Waals surface area contributed by atoms with Crippen molar-refractivity contribution in [3.05, 3.63) is 28.9 Å². The number of aryl methyl sites for hydroxylation is 1. The molecule has 0 aliphatic carbocycles. The molecular formula is C12H17N3O3S2. The van der Waals surface area contributed by atoms with Crippen molar-refractivity contribution in [2.24, 2.45) is 0 Å². The van der Waals surface area contributed by atoms with E-state index in [9.17, 15) is 8.42 Å². The van der Waals surface area contributed by atoms with Crippen molar-refractivity contribution in [3.8, 4) is 0 Å². The molecule has 0 aromatic carbocycles. The highest BCUT2D eigenvalue weighted by Gasteiger charge is 2.19. The van der Waals surface area contributed by atoms with Gasteiger partial charge in [0.25, 0.3) is 10.0 Å². The first-order chi connectivity index (χ1) is 9.33. The van der Waals surface area contributed by atoms with Gasteiger partial charge in [-0.15, -0.1) is 11.3 Å². The smallest absolute Gasteiger partial charge is 0.271 e. The zero-order valence-corrected chi connectivity index (χ0v) is 13.1. The van der Waals surface area contributed by atoms with Crippen molar-refractivity contribution in [3.63, 3.8) is 0 Å². The molecule has 0 atom stereocenters. The lowest BCUT2D eigenvalue weighted by molar-refractivity contribution is 0.285. The molecule has 2 aromatic heterocycles. The molecule has 2 N–H and O–H groups in total. The number of thiophene rings is 1. The summed E-state index contributed by atoms with van der Waals surface area (Å²) in [6.45, 7) is 5.54. The lowest BCUT2D eigenvalue weighted by atomic mass is 10.3. The molecule has 0 saturated heterocycles. The van der Waals surface area contributed by atoms with Gasteiger partial charge in [0.2, 0.25) is 0 Å². The van der Waals surface area contributed by atoms with Gasteiger partial charge in [-0.2, -0.15) is 5.10 Å². The summed E-state index contributed by atoms with van der Waals surface area (Å²) in [5.74, 6) is 0. The molecule has 0 amide bonds. The molecule has 110 valence electrons. The quantitative estimate of drug-likeness (QED) is 0.885. The Morgan fingerprint density at radius 1 is 1.50 bits per heavy atom. The van der Waals surface area contributed by atoms with Gasteiger partial charge in [-0.05, 0) is 32.4 Å². The largest absolute Gasteiger partial charge is 0.391 e. The maximum absolute atomic E-state index is 12.2. The number of nitrogens with zero attached hydrogens (tertiary/aromatic N) is 2. The van der Waals surface area contributed by atoms with Gasteiger partial charge in [-0.1, -0.05) is 0 Å². The van der Waals surface area contributed by atoms with Crippen molar-refractivity contribution >= 4 is 27.0 Å². The van der Waals surface area contributed by atoms with Crippen LogP contribution in [0.1, 0.15) is 30.3 Å². The molecule has 0 aliphatic heterocycles. The number of rotatable bonds is 5. The lowest BCUT2D eigenvalue weighted by Crippen LogP contribution is -2.11. The third-order valence-electron chi connectivity index (χ3n) is 2.79. The van der Waals surface area contributed by atoms with Crippen LogP contribution in [-0.2, 0) is 16.6 Å². The highest BCUT2D eigenvalue weighted by molar-refractivity contribution is 7.94. The van der Waals surface area contributed by atoms with Crippen LogP contribution in [0.2, 0.25) is 0 Å². The molecule has 8 heteroatoms. The molecule has 2 heterocycles. The van der Waals surface area contributed by atoms with Crippen molar-refractivity contribution in [2.75, 3.05) is 4.72 Å². The topological polar surface area (TPSA) is 84.2 Å². The minimum Gasteiger partial charge on any atom is -0.391 e. The fourth-order valence-electron chi connectivity index (χ4n) is 1.66. The summed E-state index contributed by atoms with van der Waals surface area (Å²) in [6, 6.07) is 1.73. The molecule has 0 unspecified atom stereocenters. The van der Waals surface area contributed by atoms with E-state index in [1.165, 1.54) is 6.20 Å². The normalized spacial score (nSPS) is 12.1. The van der Waals surface area contributed by atoms with Crippen molar-refractivity contribution < 1.29 is 13.5 Å². The SMILES string of the molecule is Cc1cc(S(=O)(=O)Nc2cnn(C(C)C)c2)sc1CO. The van der Waals surface area contributed by atoms with E-state index in [4.69, 9.17) is 5.11 Å². The van der Waals surface area contributed by atoms with Crippen LogP contribution in [0.5, 0.6) is 0 Å². The highest BCUT2D eigenvalue weighted by Crippen LogP contribution is 2.27. The number of nitrogens with one attached hydrogen (secondary N) is 1. The van der Waals surface area contributed by atoms with E-state index in [1.807, 2.05) is 13.8 Å². The van der Waals surface area contributed by atoms with Crippen molar-refractivity contribution in [2.45, 2.75) is 37.6 Å². The summed E-state index contributed by atoms with van der Waals surface area (Å²) in [5, 5.41) is 13.2. The van der Waals surface area contributed by atoms with Crippen LogP contribution in [0.25, 0.3) is 0 Å². The molecule has 2 aromatic rings. The number of aliphatic hydroxyl groups excluding tert-OH is 1. The van der Waals surface area contributed by atoms with E-state index in [0.717, 1.165) is 16.9 Å². The summed E-state index contributed by atoms with van der Waals surface area (Å²) in [5.41, 5.74) is 1.20. The van der Waals surface area contributed by atoms with Crippen molar-refractivity contribution in [1.82, 2.24) is 9.78 Å². The van der Waals surface area contributed by atoms with Gasteiger partial charge in [0.05, 0.1) is 18.5 Å². The van der Waals surface area contributed by atoms with Crippen molar-refractivity contribution in [1.29, 1.82) is 0 Å². The molecule has 0 radical (unpaired) electrons. The molecule has 20 heavy (non-hydrogen) atoms. The van der Waals surface area contributed by atoms with Crippen LogP contribution in [0, 0.1) is 6.92 Å². The summed E-state index contributed by atoms with van der Waals surface area (Å²) in [7, 11) is -3.63. The predicted octanol–water partition coefficient (Wildman–Crippen LogP) is 2.13. The maximum Gasteiger partial charge on any atom is 0.271 e. The minimum absolute atomic E-state index is 0.155. The minimum atomic E-state index is -3.63. The van der Waals surface area contributed by atoms with Gasteiger partial charge in [0, 0.05) is 17.1 Å². The Labute approximate surface area is 122 Å². The molecule has 0 bridgehead atoms. The number of aliphatic hydroxyl groups is 1. The van der Waals surface area contributed by atoms with E-state index in [0.29, 0.717) is 10.6 Å². The third kappa shape index (κ3) is 3.02. The van der Waals surface area contributed by atoms with Crippen LogP contribution in [0.4, 0.5) is 5.69 Å². The average Bonchev–Trinajstić information content (AvgIpc) is 2.95. The predicted molar refractivity (Wildman–Crippen MR) is 78.4 cm³/mol. The van der Waals surface area contributed by atoms with E-state index in [-0.39, 0.29) is 16.9 Å². The number of hydrogen-bond donors (Lipinski definition) is 2. The number of hydrogen-bond acceptors (Lipinski definition) is 5. The third-order valence-corrected chi connectivity index (χ3v) is 5.87. The summed E-state index contributed by atoms with van der Waals surface area (Å²) in [6.07, 6.45) is 3.13. The van der Waals surface area contributed by atoms with Crippen LogP contribution in [0.3, 0.4) is 0 Å². The monoisotopic (exact) mass is 315 g/mol. The summed E-state index contributed by atoms with van der Waals surface area (Å²) < 4.78 is 28.8. The van der Waals surface area contributed by atoms with E-state index in [1.54, 1.807) is 23.9 Å². The molecule has 2 rings (SSSR count). The molecule has 0 spiro atoms. The van der Waals surface area contributed by atoms with Gasteiger partial charge >= 0.3 is 0 Å². The Bertz CT molecular complexity index is 701. The Hall–Kier alpha value is -1.38. The number of aromatic nitrogens is 2. The zero-order chi connectivity index (χ0) is 14.9. The number of anilines is 1. The summed E-state index contributed by atoms with van der Waals surface area (Å²) in [4.78, 5) is 0.656. The second kappa shape index (κ2) is 5.55. The Balaban J connectivity index is 2.25. The first-order valence-electron chi connectivity index (χ1n) is 6.10. The van der Waals surface area contributed by atoms with E-state index < -0.39 is 10.0 Å². The van der Waals surface area contributed by atoms with Gasteiger partial charge in [-0.25, -0.2) is 8.42 Å². The van der Waals surface area contributed by atoms with Crippen LogP contribution < -0.4 is 4.72 Å². The second-order valence-corrected chi connectivity index (χ2v) is 7.78. The Morgan fingerprint density at radius 2 is 2.20 bits per heavy atom. The molecule has 6 nitrogen and oxygen atoms in total. The molecule has 0 saturated carbocycles. The lowest BCUT2D eigenvalue weighted by Gasteiger charge is -2.04. The molecule has 0 fully saturated rings. The van der Waals surface area contributed by atoms with Crippen LogP contribution >= 0.6 is 11.3 Å². The van der Waals surface area contributed by atoms with E-state index in [2.05, 4.69) is 9.82 Å². The number of sulfonamides is 1. The maximum atomic E-state index is 12.2. The van der Waals surface area contributed by atoms with E-state index >= 15 is 0 Å². The molecule has 0 aliphatic rings. The zero-order valence-electron chi connectivity index (χ0n) is 11.5. The molecular weight excluding hydrogens is 298 g/mol. The fourth-order valence-corrected chi connectivity index (χ4v) is 4.13. The Morgan fingerprint density at radius 3 is 2.70 bits per heavy atom. The standard InChI is InChI=1S/C12H17N3O3S2/c1-8(2)15-6-10(5-13-15)14-20(17,18)12-4-9(3)11(7-16)19-12/h4-6,8,14,16H,7H2,1-3H3. The van der Waals surface area contributed by atoms with Gasteiger partial charge in [-0.3, -0.25) is 9.40 Å². The van der Waals surface area contributed by atoms with Gasteiger partial charge < -0.3 is 5.11 Å². The van der Waals surface area contributed by atoms with Crippen LogP contribution in [-0.4, -0.2) is 23.3 Å². The van der Waals surface area contributed by atoms with Gasteiger partial charge in [0.15, 0.2) is 0 Å². The highest BCUT2D eigenvalue weighted by atomic mass is 32.2. The fraction of sp³-hybridized carbons (Fsp3) is 0.417. The Kier molecular flexibility index (Phi) is 4.17.